The van der Waals surface area contributed by atoms with Gasteiger partial charge in [0.1, 0.15) is 11.9 Å². The molecule has 3 aromatic rings. The second-order valence-corrected chi connectivity index (χ2v) is 5.03. The molecule has 0 aliphatic heterocycles. The lowest BCUT2D eigenvalue weighted by atomic mass is 10.1. The van der Waals surface area contributed by atoms with E-state index in [9.17, 15) is 0 Å². The second kappa shape index (κ2) is 7.28. The Hall–Kier alpha value is -2.80. The lowest BCUT2D eigenvalue weighted by Crippen LogP contribution is -2.04. The summed E-state index contributed by atoms with van der Waals surface area (Å²) in [7, 11) is 0. The summed E-state index contributed by atoms with van der Waals surface area (Å²) in [6, 6.07) is 30.4. The van der Waals surface area contributed by atoms with Gasteiger partial charge in [-0.2, -0.15) is 0 Å². The van der Waals surface area contributed by atoms with E-state index in [1.807, 2.05) is 66.7 Å². The number of hydrogen-bond donors (Lipinski definition) is 0. The van der Waals surface area contributed by atoms with Crippen LogP contribution in [0.3, 0.4) is 0 Å². The molecule has 0 heterocycles. The van der Waals surface area contributed by atoms with E-state index >= 15 is 0 Å². The van der Waals surface area contributed by atoms with Gasteiger partial charge in [0.2, 0.25) is 0 Å². The summed E-state index contributed by atoms with van der Waals surface area (Å²) in [5.41, 5.74) is 2.30. The molecule has 3 aromatic carbocycles. The predicted octanol–water partition coefficient (Wildman–Crippen LogP) is 5.52. The predicted molar refractivity (Wildman–Crippen MR) is 91.7 cm³/mol. The smallest absolute Gasteiger partial charge is 0.142 e. The summed E-state index contributed by atoms with van der Waals surface area (Å²) in [6.45, 7) is 0. The first-order valence-electron chi connectivity index (χ1n) is 7.42. The maximum absolute atomic E-state index is 6.14. The molecule has 22 heavy (non-hydrogen) atoms. The van der Waals surface area contributed by atoms with E-state index in [4.69, 9.17) is 4.74 Å². The van der Waals surface area contributed by atoms with Gasteiger partial charge < -0.3 is 4.74 Å². The van der Waals surface area contributed by atoms with Gasteiger partial charge in [-0.15, -0.1) is 0 Å². The molecule has 0 saturated carbocycles. The highest BCUT2D eigenvalue weighted by Crippen LogP contribution is 2.23. The van der Waals surface area contributed by atoms with Crippen LogP contribution in [0.4, 0.5) is 0 Å². The fraction of sp³-hybridized carbons (Fsp3) is 0.0476. The van der Waals surface area contributed by atoms with E-state index in [1.54, 1.807) is 0 Å². The lowest BCUT2D eigenvalue weighted by molar-refractivity contribution is 0.256. The number of para-hydroxylation sites is 1. The van der Waals surface area contributed by atoms with Crippen LogP contribution in [0, 0.1) is 0 Å². The van der Waals surface area contributed by atoms with Gasteiger partial charge in [0, 0.05) is 0 Å². The maximum Gasteiger partial charge on any atom is 0.142 e. The average Bonchev–Trinajstić information content (AvgIpc) is 2.61. The Balaban J connectivity index is 1.85. The van der Waals surface area contributed by atoms with Gasteiger partial charge in [-0.1, -0.05) is 84.9 Å². The summed E-state index contributed by atoms with van der Waals surface area (Å²) < 4.78 is 6.14. The van der Waals surface area contributed by atoms with Crippen LogP contribution >= 0.6 is 0 Å². The second-order valence-electron chi connectivity index (χ2n) is 5.03. The average molecular weight is 286 g/mol. The first kappa shape index (κ1) is 14.2. The molecule has 0 aliphatic rings. The molecule has 0 aliphatic carbocycles. The summed E-state index contributed by atoms with van der Waals surface area (Å²) in [4.78, 5) is 0. The minimum atomic E-state index is -0.108. The Morgan fingerprint density at radius 3 is 1.82 bits per heavy atom. The van der Waals surface area contributed by atoms with Crippen LogP contribution in [0.25, 0.3) is 6.08 Å². The van der Waals surface area contributed by atoms with Crippen molar-refractivity contribution in [1.82, 2.24) is 0 Å². The molecule has 0 amide bonds. The van der Waals surface area contributed by atoms with Gasteiger partial charge >= 0.3 is 0 Å². The van der Waals surface area contributed by atoms with E-state index < -0.39 is 0 Å². The summed E-state index contributed by atoms with van der Waals surface area (Å²) >= 11 is 0. The van der Waals surface area contributed by atoms with Crippen LogP contribution in [0.5, 0.6) is 5.75 Å². The van der Waals surface area contributed by atoms with Gasteiger partial charge in [-0.25, -0.2) is 0 Å². The fourth-order valence-corrected chi connectivity index (χ4v) is 2.27. The van der Waals surface area contributed by atoms with E-state index in [-0.39, 0.29) is 6.10 Å². The molecular formula is C21H18O. The third kappa shape index (κ3) is 3.86. The highest BCUT2D eigenvalue weighted by atomic mass is 16.5. The van der Waals surface area contributed by atoms with Gasteiger partial charge in [0.15, 0.2) is 0 Å². The minimum absolute atomic E-state index is 0.108. The molecule has 1 atom stereocenters. The first-order valence-corrected chi connectivity index (χ1v) is 7.42. The van der Waals surface area contributed by atoms with Crippen molar-refractivity contribution in [3.8, 4) is 5.75 Å². The molecule has 0 spiro atoms. The van der Waals surface area contributed by atoms with Crippen molar-refractivity contribution in [3.63, 3.8) is 0 Å². The molecule has 0 radical (unpaired) electrons. The number of ether oxygens (including phenoxy) is 1. The molecule has 1 unspecified atom stereocenters. The SMILES string of the molecule is C(=C\C(Oc1ccccc1)c1ccccc1)/c1ccccc1. The molecule has 0 aromatic heterocycles. The third-order valence-corrected chi connectivity index (χ3v) is 3.40. The first-order chi connectivity index (χ1) is 10.9. The summed E-state index contributed by atoms with van der Waals surface area (Å²) in [5.74, 6) is 0.870. The molecule has 0 N–H and O–H groups in total. The van der Waals surface area contributed by atoms with Crippen molar-refractivity contribution in [3.05, 3.63) is 108 Å². The summed E-state index contributed by atoms with van der Waals surface area (Å²) in [5, 5.41) is 0. The van der Waals surface area contributed by atoms with Crippen LogP contribution in [-0.2, 0) is 0 Å². The van der Waals surface area contributed by atoms with Crippen molar-refractivity contribution in [2.75, 3.05) is 0 Å². The normalized spacial score (nSPS) is 12.2. The van der Waals surface area contributed by atoms with Crippen LogP contribution in [-0.4, -0.2) is 0 Å². The van der Waals surface area contributed by atoms with Crippen LogP contribution in [0.15, 0.2) is 97.1 Å². The lowest BCUT2D eigenvalue weighted by Gasteiger charge is -2.16. The van der Waals surface area contributed by atoms with Crippen LogP contribution in [0.2, 0.25) is 0 Å². The zero-order chi connectivity index (χ0) is 15.0. The highest BCUT2D eigenvalue weighted by molar-refractivity contribution is 5.50. The molecule has 0 bridgehead atoms. The van der Waals surface area contributed by atoms with E-state index in [2.05, 4.69) is 36.4 Å². The van der Waals surface area contributed by atoms with Crippen LogP contribution < -0.4 is 4.74 Å². The van der Waals surface area contributed by atoms with Gasteiger partial charge in [-0.3, -0.25) is 0 Å². The van der Waals surface area contributed by atoms with Crippen LogP contribution in [0.1, 0.15) is 17.2 Å². The maximum atomic E-state index is 6.14. The Bertz CT molecular complexity index is 703. The number of benzene rings is 3. The summed E-state index contributed by atoms with van der Waals surface area (Å²) in [6.07, 6.45) is 4.09. The van der Waals surface area contributed by atoms with Crippen molar-refractivity contribution < 1.29 is 4.74 Å². The van der Waals surface area contributed by atoms with Crippen molar-refractivity contribution >= 4 is 6.08 Å². The third-order valence-electron chi connectivity index (χ3n) is 3.40. The quantitative estimate of drug-likeness (QED) is 0.600. The van der Waals surface area contributed by atoms with Gasteiger partial charge in [0.05, 0.1) is 0 Å². The molecule has 3 rings (SSSR count). The van der Waals surface area contributed by atoms with E-state index in [0.717, 1.165) is 11.3 Å². The number of rotatable bonds is 5. The Morgan fingerprint density at radius 1 is 0.636 bits per heavy atom. The Morgan fingerprint density at radius 2 is 1.18 bits per heavy atom. The zero-order valence-corrected chi connectivity index (χ0v) is 12.3. The molecule has 1 nitrogen and oxygen atoms in total. The van der Waals surface area contributed by atoms with Gasteiger partial charge in [-0.05, 0) is 29.3 Å². The minimum Gasteiger partial charge on any atom is -0.482 e. The standard InChI is InChI=1S/C21H18O/c1-4-10-18(11-5-1)16-17-21(19-12-6-2-7-13-19)22-20-14-8-3-9-15-20/h1-17,21H/b17-16+. The zero-order valence-electron chi connectivity index (χ0n) is 12.3. The Kier molecular flexibility index (Phi) is 4.68. The van der Waals surface area contributed by atoms with E-state index in [0.29, 0.717) is 0 Å². The van der Waals surface area contributed by atoms with Crippen molar-refractivity contribution in [1.29, 1.82) is 0 Å². The number of hydrogen-bond acceptors (Lipinski definition) is 1. The Labute approximate surface area is 131 Å². The molecule has 0 fully saturated rings. The van der Waals surface area contributed by atoms with E-state index in [1.165, 1.54) is 5.56 Å². The molecule has 108 valence electrons. The van der Waals surface area contributed by atoms with Crippen molar-refractivity contribution in [2.24, 2.45) is 0 Å². The fourth-order valence-electron chi connectivity index (χ4n) is 2.27. The molecule has 1 heteroatoms. The molecule has 0 saturated heterocycles. The van der Waals surface area contributed by atoms with Crippen molar-refractivity contribution in [2.45, 2.75) is 6.10 Å². The van der Waals surface area contributed by atoms with Gasteiger partial charge in [0.25, 0.3) is 0 Å². The monoisotopic (exact) mass is 286 g/mol. The largest absolute Gasteiger partial charge is 0.482 e. The highest BCUT2D eigenvalue weighted by Gasteiger charge is 2.09. The topological polar surface area (TPSA) is 9.23 Å². The molecular weight excluding hydrogens is 268 g/mol.